The van der Waals surface area contributed by atoms with E-state index in [0.29, 0.717) is 29.0 Å². The summed E-state index contributed by atoms with van der Waals surface area (Å²) < 4.78 is 3.46. The van der Waals surface area contributed by atoms with Crippen molar-refractivity contribution in [3.63, 3.8) is 0 Å². The zero-order chi connectivity index (χ0) is 18.7. The number of halogens is 2. The summed E-state index contributed by atoms with van der Waals surface area (Å²) in [6.45, 7) is 4.87. The molecular weight excluding hydrogens is 373 g/mol. The number of nitrogens with zero attached hydrogens (tertiary/aromatic N) is 4. The molecule has 0 unspecified atom stereocenters. The number of aryl methyl sites for hydroxylation is 3. The van der Waals surface area contributed by atoms with Crippen LogP contribution in [0.5, 0.6) is 0 Å². The minimum absolute atomic E-state index is 0.164. The van der Waals surface area contributed by atoms with Gasteiger partial charge in [0.05, 0.1) is 12.2 Å². The Bertz CT molecular complexity index is 932. The van der Waals surface area contributed by atoms with Gasteiger partial charge in [-0.15, -0.1) is 0 Å². The minimum atomic E-state index is -0.164. The molecule has 2 aromatic heterocycles. The second-order valence-corrected chi connectivity index (χ2v) is 6.88. The van der Waals surface area contributed by atoms with Crippen LogP contribution in [0.3, 0.4) is 0 Å². The second kappa shape index (κ2) is 7.93. The average molecular weight is 392 g/mol. The van der Waals surface area contributed by atoms with Crippen LogP contribution in [0.15, 0.2) is 36.5 Å². The number of rotatable bonds is 6. The highest BCUT2D eigenvalue weighted by atomic mass is 35.5. The summed E-state index contributed by atoms with van der Waals surface area (Å²) in [5.41, 5.74) is 2.89. The number of nitrogens with one attached hydrogen (secondary N) is 1. The number of carbonyl (C=O) groups excluding carboxylic acids is 1. The van der Waals surface area contributed by atoms with Gasteiger partial charge in [-0.3, -0.25) is 14.2 Å². The lowest BCUT2D eigenvalue weighted by Crippen LogP contribution is -2.16. The Kier molecular flexibility index (Phi) is 5.64. The molecule has 1 N–H and O–H groups in total. The molecule has 0 bridgehead atoms. The molecule has 26 heavy (non-hydrogen) atoms. The molecule has 1 amide bonds. The fraction of sp³-hybridized carbons (Fsp3) is 0.278. The Balaban J connectivity index is 1.61. The fourth-order valence-electron chi connectivity index (χ4n) is 2.67. The molecule has 136 valence electrons. The van der Waals surface area contributed by atoms with Gasteiger partial charge in [-0.25, -0.2) is 0 Å². The molecule has 8 heteroatoms. The van der Waals surface area contributed by atoms with E-state index in [4.69, 9.17) is 23.2 Å². The zero-order valence-corrected chi connectivity index (χ0v) is 16.1. The van der Waals surface area contributed by atoms with Crippen molar-refractivity contribution in [3.8, 4) is 0 Å². The summed E-state index contributed by atoms with van der Waals surface area (Å²) in [5.74, 6) is 0.180. The van der Waals surface area contributed by atoms with Gasteiger partial charge in [0.2, 0.25) is 5.91 Å². The number of hydrogen-bond donors (Lipinski definition) is 1. The number of hydrogen-bond acceptors (Lipinski definition) is 3. The third-order valence-corrected chi connectivity index (χ3v) is 4.56. The number of amides is 1. The first-order valence-corrected chi connectivity index (χ1v) is 8.95. The van der Waals surface area contributed by atoms with Crippen LogP contribution in [0.1, 0.15) is 23.4 Å². The Morgan fingerprint density at radius 2 is 1.92 bits per heavy atom. The van der Waals surface area contributed by atoms with Gasteiger partial charge in [0.15, 0.2) is 5.82 Å². The third-order valence-electron chi connectivity index (χ3n) is 3.92. The third kappa shape index (κ3) is 4.45. The van der Waals surface area contributed by atoms with Crippen molar-refractivity contribution in [1.82, 2.24) is 19.6 Å². The topological polar surface area (TPSA) is 64.7 Å². The van der Waals surface area contributed by atoms with Gasteiger partial charge >= 0.3 is 0 Å². The molecule has 0 aliphatic carbocycles. The maximum atomic E-state index is 12.2. The van der Waals surface area contributed by atoms with Crippen molar-refractivity contribution < 1.29 is 4.79 Å². The highest BCUT2D eigenvalue weighted by Gasteiger charge is 2.12. The molecule has 0 aliphatic heterocycles. The SMILES string of the molecule is Cc1cc(C)n(CCC(=O)Nc2nn(Cc3ccccc3Cl)cc2Cl)n1. The largest absolute Gasteiger partial charge is 0.308 e. The van der Waals surface area contributed by atoms with Crippen LogP contribution in [0, 0.1) is 13.8 Å². The zero-order valence-electron chi connectivity index (χ0n) is 14.5. The fourth-order valence-corrected chi connectivity index (χ4v) is 3.06. The van der Waals surface area contributed by atoms with E-state index >= 15 is 0 Å². The monoisotopic (exact) mass is 391 g/mol. The maximum Gasteiger partial charge on any atom is 0.227 e. The van der Waals surface area contributed by atoms with Crippen LogP contribution < -0.4 is 5.32 Å². The Morgan fingerprint density at radius 1 is 1.15 bits per heavy atom. The highest BCUT2D eigenvalue weighted by Crippen LogP contribution is 2.22. The quantitative estimate of drug-likeness (QED) is 0.688. The summed E-state index contributed by atoms with van der Waals surface area (Å²) in [6.07, 6.45) is 1.96. The van der Waals surface area contributed by atoms with Crippen molar-refractivity contribution >= 4 is 34.9 Å². The van der Waals surface area contributed by atoms with E-state index in [9.17, 15) is 4.79 Å². The van der Waals surface area contributed by atoms with E-state index in [2.05, 4.69) is 15.5 Å². The van der Waals surface area contributed by atoms with Crippen molar-refractivity contribution in [3.05, 3.63) is 63.5 Å². The molecule has 3 aromatic rings. The Morgan fingerprint density at radius 3 is 2.62 bits per heavy atom. The first-order chi connectivity index (χ1) is 12.4. The Hall–Kier alpha value is -2.31. The van der Waals surface area contributed by atoms with Crippen LogP contribution in [-0.4, -0.2) is 25.5 Å². The molecule has 3 rings (SSSR count). The normalized spacial score (nSPS) is 10.9. The first-order valence-electron chi connectivity index (χ1n) is 8.19. The van der Waals surface area contributed by atoms with E-state index in [1.807, 2.05) is 48.9 Å². The van der Waals surface area contributed by atoms with Gasteiger partial charge in [-0.1, -0.05) is 41.4 Å². The number of aromatic nitrogens is 4. The molecule has 2 heterocycles. The lowest BCUT2D eigenvalue weighted by molar-refractivity contribution is -0.116. The number of anilines is 1. The van der Waals surface area contributed by atoms with Crippen LogP contribution in [0.2, 0.25) is 10.0 Å². The molecule has 6 nitrogen and oxygen atoms in total. The van der Waals surface area contributed by atoms with Crippen LogP contribution in [0.25, 0.3) is 0 Å². The van der Waals surface area contributed by atoms with Gasteiger partial charge in [-0.2, -0.15) is 10.2 Å². The molecule has 0 saturated heterocycles. The first kappa shape index (κ1) is 18.5. The lowest BCUT2D eigenvalue weighted by Gasteiger charge is -2.05. The average Bonchev–Trinajstić information content (AvgIpc) is 3.09. The second-order valence-electron chi connectivity index (χ2n) is 6.06. The molecule has 0 fully saturated rings. The molecule has 0 atom stereocenters. The van der Waals surface area contributed by atoms with Gasteiger partial charge in [0.25, 0.3) is 0 Å². The summed E-state index contributed by atoms with van der Waals surface area (Å²) in [7, 11) is 0. The van der Waals surface area contributed by atoms with Crippen LogP contribution in [0.4, 0.5) is 5.82 Å². The van der Waals surface area contributed by atoms with Gasteiger partial charge in [0.1, 0.15) is 5.02 Å². The molecule has 0 spiro atoms. The molecule has 0 saturated carbocycles. The van der Waals surface area contributed by atoms with Gasteiger partial charge < -0.3 is 5.32 Å². The number of benzene rings is 1. The van der Waals surface area contributed by atoms with E-state index in [0.717, 1.165) is 17.0 Å². The van der Waals surface area contributed by atoms with Crippen molar-refractivity contribution in [2.45, 2.75) is 33.4 Å². The highest BCUT2D eigenvalue weighted by molar-refractivity contribution is 6.33. The minimum Gasteiger partial charge on any atom is -0.308 e. The lowest BCUT2D eigenvalue weighted by atomic mass is 10.2. The van der Waals surface area contributed by atoms with Gasteiger partial charge in [0, 0.05) is 29.9 Å². The van der Waals surface area contributed by atoms with Crippen molar-refractivity contribution in [1.29, 1.82) is 0 Å². The predicted octanol–water partition coefficient (Wildman–Crippen LogP) is 4.08. The van der Waals surface area contributed by atoms with Crippen LogP contribution in [-0.2, 0) is 17.9 Å². The van der Waals surface area contributed by atoms with E-state index in [1.54, 1.807) is 10.9 Å². The predicted molar refractivity (Wildman–Crippen MR) is 103 cm³/mol. The molecule has 0 radical (unpaired) electrons. The molecule has 0 aliphatic rings. The maximum absolute atomic E-state index is 12.2. The van der Waals surface area contributed by atoms with E-state index in [-0.39, 0.29) is 12.3 Å². The summed E-state index contributed by atoms with van der Waals surface area (Å²) in [5, 5.41) is 12.5. The van der Waals surface area contributed by atoms with Crippen molar-refractivity contribution in [2.24, 2.45) is 0 Å². The van der Waals surface area contributed by atoms with E-state index in [1.165, 1.54) is 0 Å². The van der Waals surface area contributed by atoms with Gasteiger partial charge in [-0.05, 0) is 31.5 Å². The summed E-state index contributed by atoms with van der Waals surface area (Å²) in [4.78, 5) is 12.2. The Labute approximate surface area is 161 Å². The summed E-state index contributed by atoms with van der Waals surface area (Å²) >= 11 is 12.4. The standard InChI is InChI=1S/C18H19Cl2N5O/c1-12-9-13(2)25(22-12)8-7-17(26)21-18-16(20)11-24(23-18)10-14-5-3-4-6-15(14)19/h3-6,9,11H,7-8,10H2,1-2H3,(H,21,23,26). The molecular formula is C18H19Cl2N5O. The summed E-state index contributed by atoms with van der Waals surface area (Å²) in [6, 6.07) is 9.50. The molecule has 1 aromatic carbocycles. The smallest absolute Gasteiger partial charge is 0.227 e. The van der Waals surface area contributed by atoms with Crippen molar-refractivity contribution in [2.75, 3.05) is 5.32 Å². The van der Waals surface area contributed by atoms with E-state index < -0.39 is 0 Å². The van der Waals surface area contributed by atoms with Crippen LogP contribution >= 0.6 is 23.2 Å². The number of carbonyl (C=O) groups is 1.